The Bertz CT molecular complexity index is 791. The van der Waals surface area contributed by atoms with Crippen molar-refractivity contribution < 1.29 is 17.7 Å². The Labute approximate surface area is 146 Å². The molecule has 0 saturated carbocycles. The minimum Gasteiger partial charge on any atom is -0.379 e. The van der Waals surface area contributed by atoms with Crippen LogP contribution in [0.5, 0.6) is 0 Å². The SMILES string of the molecule is O=S(=O)(N1CCOCC1)N1CC(c2ccccc2)C(c2ncon2)C1. The number of rotatable bonds is 4. The Morgan fingerprint density at radius 3 is 2.40 bits per heavy atom. The van der Waals surface area contributed by atoms with Crippen LogP contribution in [0.2, 0.25) is 0 Å². The van der Waals surface area contributed by atoms with E-state index in [0.29, 0.717) is 45.2 Å². The molecule has 8 nitrogen and oxygen atoms in total. The average Bonchev–Trinajstić information content (AvgIpc) is 3.33. The van der Waals surface area contributed by atoms with Gasteiger partial charge in [-0.3, -0.25) is 0 Å². The lowest BCUT2D eigenvalue weighted by Crippen LogP contribution is -2.47. The fourth-order valence-corrected chi connectivity index (χ4v) is 5.17. The number of aromatic nitrogens is 2. The highest BCUT2D eigenvalue weighted by atomic mass is 32.2. The number of nitrogens with zero attached hydrogens (tertiary/aromatic N) is 4. The Kier molecular flexibility index (Phi) is 4.55. The van der Waals surface area contributed by atoms with E-state index in [1.807, 2.05) is 30.3 Å². The molecular formula is C16H20N4O4S. The van der Waals surface area contributed by atoms with Gasteiger partial charge >= 0.3 is 0 Å². The lowest BCUT2D eigenvalue weighted by Gasteiger charge is -2.30. The van der Waals surface area contributed by atoms with Gasteiger partial charge in [0.15, 0.2) is 5.82 Å². The fourth-order valence-electron chi connectivity index (χ4n) is 3.54. The zero-order valence-corrected chi connectivity index (χ0v) is 14.5. The largest absolute Gasteiger partial charge is 0.379 e. The van der Waals surface area contributed by atoms with Crippen molar-refractivity contribution in [2.75, 3.05) is 39.4 Å². The lowest BCUT2D eigenvalue weighted by molar-refractivity contribution is 0.0705. The molecule has 0 bridgehead atoms. The molecule has 0 N–H and O–H groups in total. The minimum atomic E-state index is -3.53. The Hall–Kier alpha value is -1.81. The number of morpholine rings is 1. The molecule has 3 heterocycles. The van der Waals surface area contributed by atoms with Gasteiger partial charge in [0, 0.05) is 38.0 Å². The monoisotopic (exact) mass is 364 g/mol. The third-order valence-electron chi connectivity index (χ3n) is 4.85. The molecule has 0 amide bonds. The van der Waals surface area contributed by atoms with E-state index in [1.54, 1.807) is 0 Å². The van der Waals surface area contributed by atoms with Crippen LogP contribution in [-0.2, 0) is 14.9 Å². The van der Waals surface area contributed by atoms with Crippen molar-refractivity contribution in [3.05, 3.63) is 48.1 Å². The van der Waals surface area contributed by atoms with Crippen LogP contribution in [0.15, 0.2) is 41.2 Å². The predicted octanol–water partition coefficient (Wildman–Crippen LogP) is 0.830. The van der Waals surface area contributed by atoms with Gasteiger partial charge in [0.25, 0.3) is 10.2 Å². The van der Waals surface area contributed by atoms with Crippen LogP contribution >= 0.6 is 0 Å². The average molecular weight is 364 g/mol. The van der Waals surface area contributed by atoms with Crippen molar-refractivity contribution >= 4 is 10.2 Å². The molecule has 0 spiro atoms. The van der Waals surface area contributed by atoms with E-state index in [0.717, 1.165) is 5.56 Å². The van der Waals surface area contributed by atoms with Crippen molar-refractivity contribution in [3.8, 4) is 0 Å². The van der Waals surface area contributed by atoms with Gasteiger partial charge in [-0.25, -0.2) is 0 Å². The predicted molar refractivity (Wildman–Crippen MR) is 89.1 cm³/mol. The number of hydrogen-bond donors (Lipinski definition) is 0. The van der Waals surface area contributed by atoms with Gasteiger partial charge in [-0.1, -0.05) is 35.5 Å². The van der Waals surface area contributed by atoms with Crippen LogP contribution < -0.4 is 0 Å². The molecule has 1 aromatic heterocycles. The summed E-state index contributed by atoms with van der Waals surface area (Å²) >= 11 is 0. The molecule has 2 saturated heterocycles. The van der Waals surface area contributed by atoms with Gasteiger partial charge in [0.2, 0.25) is 6.39 Å². The molecule has 2 atom stereocenters. The smallest absolute Gasteiger partial charge is 0.282 e. The Morgan fingerprint density at radius 2 is 1.72 bits per heavy atom. The first kappa shape index (κ1) is 16.6. The molecule has 25 heavy (non-hydrogen) atoms. The second-order valence-electron chi connectivity index (χ2n) is 6.25. The summed E-state index contributed by atoms with van der Waals surface area (Å²) in [6, 6.07) is 9.90. The number of benzene rings is 1. The lowest BCUT2D eigenvalue weighted by atomic mass is 9.88. The van der Waals surface area contributed by atoms with Gasteiger partial charge < -0.3 is 9.26 Å². The summed E-state index contributed by atoms with van der Waals surface area (Å²) in [4.78, 5) is 4.17. The van der Waals surface area contributed by atoms with Crippen LogP contribution in [-0.4, -0.2) is 66.6 Å². The summed E-state index contributed by atoms with van der Waals surface area (Å²) in [6.45, 7) is 2.40. The zero-order chi connectivity index (χ0) is 17.3. The molecule has 2 unspecified atom stereocenters. The molecule has 0 radical (unpaired) electrons. The van der Waals surface area contributed by atoms with Crippen molar-refractivity contribution in [2.45, 2.75) is 11.8 Å². The van der Waals surface area contributed by atoms with E-state index in [2.05, 4.69) is 10.1 Å². The Morgan fingerprint density at radius 1 is 1.00 bits per heavy atom. The third-order valence-corrected chi connectivity index (χ3v) is 6.82. The Balaban J connectivity index is 1.63. The van der Waals surface area contributed by atoms with Gasteiger partial charge in [0.1, 0.15) is 0 Å². The van der Waals surface area contributed by atoms with Gasteiger partial charge in [0.05, 0.1) is 13.2 Å². The molecule has 4 rings (SSSR count). The second kappa shape index (κ2) is 6.83. The van der Waals surface area contributed by atoms with E-state index in [4.69, 9.17) is 9.26 Å². The fraction of sp³-hybridized carbons (Fsp3) is 0.500. The van der Waals surface area contributed by atoms with Gasteiger partial charge in [-0.15, -0.1) is 0 Å². The van der Waals surface area contributed by atoms with E-state index >= 15 is 0 Å². The molecule has 0 aliphatic carbocycles. The first-order valence-electron chi connectivity index (χ1n) is 8.30. The minimum absolute atomic E-state index is 0.00499. The molecule has 2 aliphatic heterocycles. The van der Waals surface area contributed by atoms with Gasteiger partial charge in [-0.2, -0.15) is 22.0 Å². The third kappa shape index (κ3) is 3.20. The van der Waals surface area contributed by atoms with E-state index < -0.39 is 10.2 Å². The number of hydrogen-bond acceptors (Lipinski definition) is 6. The van der Waals surface area contributed by atoms with Crippen molar-refractivity contribution in [3.63, 3.8) is 0 Å². The highest BCUT2D eigenvalue weighted by molar-refractivity contribution is 7.86. The molecule has 2 fully saturated rings. The van der Waals surface area contributed by atoms with Gasteiger partial charge in [-0.05, 0) is 5.56 Å². The van der Waals surface area contributed by atoms with Crippen LogP contribution in [0.4, 0.5) is 0 Å². The molecule has 1 aromatic carbocycles. The summed E-state index contributed by atoms with van der Waals surface area (Å²) < 4.78 is 39.2. The van der Waals surface area contributed by atoms with Crippen LogP contribution in [0.3, 0.4) is 0 Å². The summed E-state index contributed by atoms with van der Waals surface area (Å²) in [7, 11) is -3.53. The zero-order valence-electron chi connectivity index (χ0n) is 13.7. The van der Waals surface area contributed by atoms with E-state index in [1.165, 1.54) is 15.0 Å². The van der Waals surface area contributed by atoms with E-state index in [9.17, 15) is 8.42 Å². The second-order valence-corrected chi connectivity index (χ2v) is 8.18. The maximum absolute atomic E-state index is 13.0. The summed E-state index contributed by atoms with van der Waals surface area (Å²) in [6.07, 6.45) is 1.29. The molecule has 2 aromatic rings. The molecule has 2 aliphatic rings. The first-order valence-corrected chi connectivity index (χ1v) is 9.70. The highest BCUT2D eigenvalue weighted by Gasteiger charge is 2.44. The van der Waals surface area contributed by atoms with Crippen LogP contribution in [0, 0.1) is 0 Å². The topological polar surface area (TPSA) is 88.8 Å². The highest BCUT2D eigenvalue weighted by Crippen LogP contribution is 2.39. The quantitative estimate of drug-likeness (QED) is 0.798. The van der Waals surface area contributed by atoms with Crippen LogP contribution in [0.25, 0.3) is 0 Å². The molecule has 134 valence electrons. The van der Waals surface area contributed by atoms with Crippen molar-refractivity contribution in [2.24, 2.45) is 0 Å². The number of ether oxygens (including phenoxy) is 1. The van der Waals surface area contributed by atoms with Crippen molar-refractivity contribution in [1.82, 2.24) is 18.8 Å². The first-order chi connectivity index (χ1) is 12.2. The standard InChI is InChI=1S/C16H20N4O4S/c21-25(22,19-6-8-23-9-7-19)20-10-14(13-4-2-1-3-5-13)15(11-20)16-17-12-24-18-16/h1-5,12,14-15H,6-11H2. The maximum atomic E-state index is 13.0. The van der Waals surface area contributed by atoms with E-state index in [-0.39, 0.29) is 11.8 Å². The van der Waals surface area contributed by atoms with Crippen molar-refractivity contribution in [1.29, 1.82) is 0 Å². The summed E-state index contributed by atoms with van der Waals surface area (Å²) in [5.41, 5.74) is 1.08. The summed E-state index contributed by atoms with van der Waals surface area (Å²) in [5.74, 6) is 0.417. The van der Waals surface area contributed by atoms with Crippen LogP contribution in [0.1, 0.15) is 23.2 Å². The molecular weight excluding hydrogens is 344 g/mol. The molecule has 9 heteroatoms. The normalized spacial score (nSPS) is 26.1. The summed E-state index contributed by atoms with van der Waals surface area (Å²) in [5, 5.41) is 3.96. The maximum Gasteiger partial charge on any atom is 0.282 e.